The van der Waals surface area contributed by atoms with Crippen LogP contribution >= 0.6 is 11.3 Å². The highest BCUT2D eigenvalue weighted by molar-refractivity contribution is 7.16. The molecule has 2 saturated heterocycles. The number of rotatable bonds is 3. The summed E-state index contributed by atoms with van der Waals surface area (Å²) in [6, 6.07) is 1.53. The topological polar surface area (TPSA) is 55.1 Å². The number of piperidine rings is 1. The Labute approximate surface area is 116 Å². The van der Waals surface area contributed by atoms with Crippen LogP contribution in [0.4, 0.5) is 0 Å². The second-order valence-corrected chi connectivity index (χ2v) is 6.88. The lowest BCUT2D eigenvalue weighted by atomic mass is 9.90. The molecule has 1 N–H and O–H groups in total. The molecule has 0 spiro atoms. The van der Waals surface area contributed by atoms with E-state index >= 15 is 0 Å². The molecule has 4 heterocycles. The van der Waals surface area contributed by atoms with E-state index in [2.05, 4.69) is 22.4 Å². The molecule has 0 aromatic carbocycles. The SMILES string of the molecule is CCc1nnc2sc(CC3CC4CCC(C3)N4)nn12. The highest BCUT2D eigenvalue weighted by atomic mass is 32.1. The van der Waals surface area contributed by atoms with Gasteiger partial charge >= 0.3 is 0 Å². The summed E-state index contributed by atoms with van der Waals surface area (Å²) in [6.45, 7) is 2.10. The summed E-state index contributed by atoms with van der Waals surface area (Å²) >= 11 is 1.71. The van der Waals surface area contributed by atoms with E-state index in [4.69, 9.17) is 5.10 Å². The van der Waals surface area contributed by atoms with Gasteiger partial charge in [0.25, 0.3) is 0 Å². The molecular formula is C13H19N5S. The second kappa shape index (κ2) is 4.52. The van der Waals surface area contributed by atoms with Crippen LogP contribution in [0.5, 0.6) is 0 Å². The Balaban J connectivity index is 1.53. The maximum atomic E-state index is 4.70. The fourth-order valence-electron chi connectivity index (χ4n) is 3.59. The molecule has 0 saturated carbocycles. The van der Waals surface area contributed by atoms with E-state index in [1.165, 1.54) is 30.7 Å². The summed E-state index contributed by atoms with van der Waals surface area (Å²) in [5.74, 6) is 1.77. The minimum atomic E-state index is 0.765. The summed E-state index contributed by atoms with van der Waals surface area (Å²) in [5, 5.41) is 18.0. The van der Waals surface area contributed by atoms with Crippen molar-refractivity contribution in [1.82, 2.24) is 25.1 Å². The number of nitrogens with zero attached hydrogens (tertiary/aromatic N) is 4. The molecule has 2 bridgehead atoms. The van der Waals surface area contributed by atoms with Crippen LogP contribution < -0.4 is 5.32 Å². The van der Waals surface area contributed by atoms with E-state index in [0.29, 0.717) is 0 Å². The Bertz CT molecular complexity index is 577. The molecule has 5 nitrogen and oxygen atoms in total. The first-order valence-electron chi connectivity index (χ1n) is 7.28. The molecule has 6 heteroatoms. The van der Waals surface area contributed by atoms with Gasteiger partial charge < -0.3 is 5.32 Å². The molecular weight excluding hydrogens is 258 g/mol. The summed E-state index contributed by atoms with van der Waals surface area (Å²) in [4.78, 5) is 0.948. The number of aryl methyl sites for hydroxylation is 1. The van der Waals surface area contributed by atoms with Gasteiger partial charge in [-0.15, -0.1) is 10.2 Å². The zero-order valence-corrected chi connectivity index (χ0v) is 12.0. The van der Waals surface area contributed by atoms with Gasteiger partial charge in [-0.1, -0.05) is 18.3 Å². The summed E-state index contributed by atoms with van der Waals surface area (Å²) in [5.41, 5.74) is 0. The Morgan fingerprint density at radius 2 is 2.05 bits per heavy atom. The molecule has 2 aliphatic rings. The lowest BCUT2D eigenvalue weighted by Crippen LogP contribution is -2.38. The van der Waals surface area contributed by atoms with Crippen molar-refractivity contribution in [3.63, 3.8) is 0 Å². The first-order chi connectivity index (χ1) is 9.31. The van der Waals surface area contributed by atoms with Crippen molar-refractivity contribution in [3.8, 4) is 0 Å². The zero-order chi connectivity index (χ0) is 12.8. The van der Waals surface area contributed by atoms with Crippen molar-refractivity contribution < 1.29 is 0 Å². The summed E-state index contributed by atoms with van der Waals surface area (Å²) in [6.07, 6.45) is 7.38. The van der Waals surface area contributed by atoms with Crippen molar-refractivity contribution in [2.45, 2.75) is 57.5 Å². The molecule has 19 heavy (non-hydrogen) atoms. The normalized spacial score (nSPS) is 30.3. The molecule has 2 unspecified atom stereocenters. The smallest absolute Gasteiger partial charge is 0.234 e. The van der Waals surface area contributed by atoms with E-state index < -0.39 is 0 Å². The van der Waals surface area contributed by atoms with Gasteiger partial charge in [-0.05, 0) is 31.6 Å². The Morgan fingerprint density at radius 1 is 1.26 bits per heavy atom. The predicted molar refractivity (Wildman–Crippen MR) is 74.4 cm³/mol. The standard InChI is InChI=1S/C13H19N5S/c1-2-11-15-16-13-18(11)17-12(19-13)7-8-5-9-3-4-10(6-8)14-9/h8-10,14H,2-7H2,1H3. The van der Waals surface area contributed by atoms with E-state index in [-0.39, 0.29) is 0 Å². The number of hydrogen-bond acceptors (Lipinski definition) is 5. The molecule has 102 valence electrons. The maximum Gasteiger partial charge on any atom is 0.234 e. The number of fused-ring (bicyclic) bond motifs is 3. The van der Waals surface area contributed by atoms with Crippen LogP contribution in [-0.2, 0) is 12.8 Å². The van der Waals surface area contributed by atoms with Crippen LogP contribution in [0.25, 0.3) is 4.96 Å². The Hall–Kier alpha value is -1.01. The van der Waals surface area contributed by atoms with Crippen molar-refractivity contribution in [1.29, 1.82) is 0 Å². The Kier molecular flexibility index (Phi) is 2.81. The molecule has 2 fully saturated rings. The average molecular weight is 277 g/mol. The van der Waals surface area contributed by atoms with Crippen LogP contribution in [0.1, 0.15) is 43.4 Å². The van der Waals surface area contributed by atoms with Crippen molar-refractivity contribution in [2.75, 3.05) is 0 Å². The van der Waals surface area contributed by atoms with Crippen molar-refractivity contribution in [3.05, 3.63) is 10.8 Å². The van der Waals surface area contributed by atoms with E-state index in [0.717, 1.165) is 41.6 Å². The van der Waals surface area contributed by atoms with Gasteiger partial charge in [0.2, 0.25) is 4.96 Å². The third-order valence-electron chi connectivity index (χ3n) is 4.45. The lowest BCUT2D eigenvalue weighted by molar-refractivity contribution is 0.298. The second-order valence-electron chi connectivity index (χ2n) is 5.84. The van der Waals surface area contributed by atoms with E-state index in [9.17, 15) is 0 Å². The summed E-state index contributed by atoms with van der Waals surface area (Å²) in [7, 11) is 0. The van der Waals surface area contributed by atoms with Gasteiger partial charge in [0.15, 0.2) is 5.82 Å². The first-order valence-corrected chi connectivity index (χ1v) is 8.09. The van der Waals surface area contributed by atoms with E-state index in [1.807, 2.05) is 4.52 Å². The largest absolute Gasteiger partial charge is 0.311 e. The Morgan fingerprint density at radius 3 is 2.79 bits per heavy atom. The highest BCUT2D eigenvalue weighted by Gasteiger charge is 2.33. The van der Waals surface area contributed by atoms with Gasteiger partial charge in [-0.25, -0.2) is 0 Å². The first kappa shape index (κ1) is 11.8. The molecule has 0 amide bonds. The molecule has 0 radical (unpaired) electrons. The highest BCUT2D eigenvalue weighted by Crippen LogP contribution is 2.33. The van der Waals surface area contributed by atoms with Crippen LogP contribution in [0.2, 0.25) is 0 Å². The third-order valence-corrected chi connectivity index (χ3v) is 5.37. The number of aromatic nitrogens is 4. The minimum absolute atomic E-state index is 0.765. The molecule has 4 rings (SSSR count). The summed E-state index contributed by atoms with van der Waals surface area (Å²) < 4.78 is 1.93. The predicted octanol–water partition coefficient (Wildman–Crippen LogP) is 1.82. The molecule has 2 aromatic heterocycles. The van der Waals surface area contributed by atoms with Gasteiger partial charge in [-0.2, -0.15) is 9.61 Å². The van der Waals surface area contributed by atoms with Gasteiger partial charge in [-0.3, -0.25) is 0 Å². The van der Waals surface area contributed by atoms with Crippen LogP contribution in [0, 0.1) is 5.92 Å². The fraction of sp³-hybridized carbons (Fsp3) is 0.769. The maximum absolute atomic E-state index is 4.70. The third kappa shape index (κ3) is 2.07. The van der Waals surface area contributed by atoms with Gasteiger partial charge in [0.05, 0.1) is 0 Å². The molecule has 0 aliphatic carbocycles. The fourth-order valence-corrected chi connectivity index (χ4v) is 4.56. The zero-order valence-electron chi connectivity index (χ0n) is 11.2. The van der Waals surface area contributed by atoms with Crippen LogP contribution in [-0.4, -0.2) is 31.9 Å². The van der Waals surface area contributed by atoms with Crippen LogP contribution in [0.15, 0.2) is 0 Å². The van der Waals surface area contributed by atoms with Gasteiger partial charge in [0.1, 0.15) is 5.01 Å². The number of nitrogens with one attached hydrogen (secondary N) is 1. The lowest BCUT2D eigenvalue weighted by Gasteiger charge is -2.28. The average Bonchev–Trinajstić information content (AvgIpc) is 3.04. The van der Waals surface area contributed by atoms with Crippen molar-refractivity contribution in [2.24, 2.45) is 5.92 Å². The number of hydrogen-bond donors (Lipinski definition) is 1. The minimum Gasteiger partial charge on any atom is -0.311 e. The van der Waals surface area contributed by atoms with Crippen LogP contribution in [0.3, 0.4) is 0 Å². The molecule has 2 aliphatic heterocycles. The van der Waals surface area contributed by atoms with Gasteiger partial charge in [0, 0.05) is 24.9 Å². The molecule has 2 atom stereocenters. The van der Waals surface area contributed by atoms with Crippen molar-refractivity contribution >= 4 is 16.3 Å². The molecule has 2 aromatic rings. The quantitative estimate of drug-likeness (QED) is 0.930. The van der Waals surface area contributed by atoms with E-state index in [1.54, 1.807) is 11.3 Å². The monoisotopic (exact) mass is 277 g/mol.